The van der Waals surface area contributed by atoms with E-state index in [1.165, 1.54) is 0 Å². The molecule has 0 spiro atoms. The van der Waals surface area contributed by atoms with E-state index in [4.69, 9.17) is 18.9 Å². The van der Waals surface area contributed by atoms with Crippen molar-refractivity contribution in [2.75, 3.05) is 39.6 Å². The van der Waals surface area contributed by atoms with Crippen molar-refractivity contribution in [3.63, 3.8) is 0 Å². The van der Waals surface area contributed by atoms with Crippen LogP contribution in [0.3, 0.4) is 0 Å². The molecular formula is C18H23N3O4. The van der Waals surface area contributed by atoms with Crippen LogP contribution in [0.4, 0.5) is 0 Å². The highest BCUT2D eigenvalue weighted by atomic mass is 16.7. The summed E-state index contributed by atoms with van der Waals surface area (Å²) >= 11 is 0. The van der Waals surface area contributed by atoms with Crippen LogP contribution in [0.1, 0.15) is 6.42 Å². The first kappa shape index (κ1) is 16.2. The number of aromatic nitrogens is 2. The van der Waals surface area contributed by atoms with Crippen molar-refractivity contribution in [1.82, 2.24) is 14.7 Å². The van der Waals surface area contributed by atoms with Crippen LogP contribution in [0.5, 0.6) is 17.2 Å². The van der Waals surface area contributed by atoms with Gasteiger partial charge in [-0.2, -0.15) is 5.10 Å². The molecule has 1 fully saturated rings. The van der Waals surface area contributed by atoms with Crippen LogP contribution in [-0.2, 0) is 11.3 Å². The van der Waals surface area contributed by atoms with Gasteiger partial charge in [-0.25, -0.2) is 0 Å². The molecule has 0 bridgehead atoms. The number of hydrogen-bond acceptors (Lipinski definition) is 6. The Labute approximate surface area is 147 Å². The quantitative estimate of drug-likeness (QED) is 0.713. The zero-order chi connectivity index (χ0) is 16.9. The predicted molar refractivity (Wildman–Crippen MR) is 91.1 cm³/mol. The topological polar surface area (TPSA) is 58.0 Å². The minimum Gasteiger partial charge on any atom is -0.493 e. The molecule has 1 aromatic carbocycles. The molecule has 2 aliphatic rings. The maximum absolute atomic E-state index is 5.84. The number of benzene rings is 1. The summed E-state index contributed by atoms with van der Waals surface area (Å²) in [5, 5.41) is 4.25. The summed E-state index contributed by atoms with van der Waals surface area (Å²) < 4.78 is 24.3. The fraction of sp³-hybridized carbons (Fsp3) is 0.500. The van der Waals surface area contributed by atoms with Crippen molar-refractivity contribution in [2.45, 2.75) is 19.1 Å². The molecule has 3 heterocycles. The predicted octanol–water partition coefficient (Wildman–Crippen LogP) is 1.78. The van der Waals surface area contributed by atoms with Crippen LogP contribution in [0.2, 0.25) is 0 Å². The second-order valence-corrected chi connectivity index (χ2v) is 6.24. The summed E-state index contributed by atoms with van der Waals surface area (Å²) in [5.74, 6) is 2.36. The molecule has 134 valence electrons. The third-order valence-corrected chi connectivity index (χ3v) is 4.40. The fourth-order valence-electron chi connectivity index (χ4n) is 3.16. The smallest absolute Gasteiger partial charge is 0.231 e. The van der Waals surface area contributed by atoms with Gasteiger partial charge < -0.3 is 18.9 Å². The summed E-state index contributed by atoms with van der Waals surface area (Å²) in [6.45, 7) is 5.45. The highest BCUT2D eigenvalue weighted by Crippen LogP contribution is 2.35. The summed E-state index contributed by atoms with van der Waals surface area (Å²) in [6, 6.07) is 7.63. The molecule has 0 radical (unpaired) electrons. The van der Waals surface area contributed by atoms with E-state index >= 15 is 0 Å². The minimum absolute atomic E-state index is 0.198. The minimum atomic E-state index is 0.198. The summed E-state index contributed by atoms with van der Waals surface area (Å²) in [4.78, 5) is 2.43. The average molecular weight is 345 g/mol. The Morgan fingerprint density at radius 3 is 3.12 bits per heavy atom. The summed E-state index contributed by atoms with van der Waals surface area (Å²) in [5.41, 5.74) is 0. The van der Waals surface area contributed by atoms with Crippen LogP contribution in [0, 0.1) is 0 Å². The van der Waals surface area contributed by atoms with Crippen LogP contribution in [0.25, 0.3) is 0 Å². The lowest BCUT2D eigenvalue weighted by Crippen LogP contribution is -2.44. The van der Waals surface area contributed by atoms with E-state index in [0.717, 1.165) is 56.5 Å². The highest BCUT2D eigenvalue weighted by molar-refractivity contribution is 5.46. The number of morpholine rings is 1. The zero-order valence-corrected chi connectivity index (χ0v) is 14.2. The first-order chi connectivity index (χ1) is 12.4. The molecule has 7 heteroatoms. The molecule has 1 unspecified atom stereocenters. The summed E-state index contributed by atoms with van der Waals surface area (Å²) in [7, 11) is 0. The maximum Gasteiger partial charge on any atom is 0.231 e. The van der Waals surface area contributed by atoms with E-state index in [1.54, 1.807) is 6.20 Å². The Morgan fingerprint density at radius 1 is 1.24 bits per heavy atom. The number of nitrogens with zero attached hydrogens (tertiary/aromatic N) is 3. The number of rotatable bonds is 7. The molecular weight excluding hydrogens is 322 g/mol. The molecule has 0 saturated carbocycles. The lowest BCUT2D eigenvalue weighted by atomic mass is 10.2. The van der Waals surface area contributed by atoms with Gasteiger partial charge >= 0.3 is 0 Å². The Kier molecular flexibility index (Phi) is 5.03. The molecule has 1 saturated heterocycles. The van der Waals surface area contributed by atoms with Gasteiger partial charge in [-0.3, -0.25) is 9.58 Å². The van der Waals surface area contributed by atoms with Crippen LogP contribution in [0.15, 0.2) is 36.7 Å². The monoisotopic (exact) mass is 345 g/mol. The Hall–Kier alpha value is -2.25. The van der Waals surface area contributed by atoms with E-state index in [9.17, 15) is 0 Å². The molecule has 4 rings (SSSR count). The van der Waals surface area contributed by atoms with Crippen LogP contribution < -0.4 is 14.2 Å². The third-order valence-electron chi connectivity index (χ3n) is 4.40. The van der Waals surface area contributed by atoms with E-state index in [1.807, 2.05) is 35.1 Å². The molecule has 0 aliphatic carbocycles. The molecule has 0 N–H and O–H groups in total. The number of fused-ring (bicyclic) bond motifs is 1. The first-order valence-corrected chi connectivity index (χ1v) is 8.71. The van der Waals surface area contributed by atoms with Crippen molar-refractivity contribution < 1.29 is 18.9 Å². The van der Waals surface area contributed by atoms with E-state index in [2.05, 4.69) is 10.00 Å². The van der Waals surface area contributed by atoms with E-state index in [-0.39, 0.29) is 12.9 Å². The largest absolute Gasteiger partial charge is 0.493 e. The molecule has 2 aromatic rings. The van der Waals surface area contributed by atoms with Crippen LogP contribution in [-0.4, -0.2) is 60.4 Å². The second-order valence-electron chi connectivity index (χ2n) is 6.24. The second kappa shape index (κ2) is 7.76. The van der Waals surface area contributed by atoms with Crippen molar-refractivity contribution in [3.8, 4) is 17.2 Å². The van der Waals surface area contributed by atoms with Crippen molar-refractivity contribution in [1.29, 1.82) is 0 Å². The highest BCUT2D eigenvalue weighted by Gasteiger charge is 2.20. The number of ether oxygens (including phenoxy) is 4. The van der Waals surface area contributed by atoms with Crippen molar-refractivity contribution in [2.24, 2.45) is 0 Å². The third kappa shape index (κ3) is 4.24. The normalized spacial score (nSPS) is 19.9. The lowest BCUT2D eigenvalue weighted by Gasteiger charge is -2.32. The van der Waals surface area contributed by atoms with Gasteiger partial charge in [0, 0.05) is 38.1 Å². The van der Waals surface area contributed by atoms with Gasteiger partial charge in [-0.1, -0.05) is 0 Å². The average Bonchev–Trinajstić information content (AvgIpc) is 3.30. The zero-order valence-electron chi connectivity index (χ0n) is 14.2. The van der Waals surface area contributed by atoms with E-state index in [0.29, 0.717) is 6.61 Å². The first-order valence-electron chi connectivity index (χ1n) is 8.71. The van der Waals surface area contributed by atoms with E-state index < -0.39 is 0 Å². The molecule has 1 atom stereocenters. The van der Waals surface area contributed by atoms with Gasteiger partial charge in [-0.15, -0.1) is 0 Å². The van der Waals surface area contributed by atoms with Gasteiger partial charge in [0.15, 0.2) is 11.5 Å². The van der Waals surface area contributed by atoms with Crippen LogP contribution >= 0.6 is 0 Å². The lowest BCUT2D eigenvalue weighted by molar-refractivity contribution is -0.0383. The van der Waals surface area contributed by atoms with Crippen molar-refractivity contribution >= 4 is 0 Å². The van der Waals surface area contributed by atoms with Gasteiger partial charge in [0.2, 0.25) is 6.79 Å². The molecule has 0 amide bonds. The fourth-order valence-corrected chi connectivity index (χ4v) is 3.16. The van der Waals surface area contributed by atoms with Gasteiger partial charge in [0.05, 0.1) is 25.9 Å². The Balaban J connectivity index is 1.18. The molecule has 1 aromatic heterocycles. The standard InChI is InChI=1S/C18H23N3O4/c1-5-19-21(7-1)13-16-12-20(8-10-23-16)6-2-9-22-15-3-4-17-18(11-15)25-14-24-17/h1,3-5,7,11,16H,2,6,8-10,12-14H2. The summed E-state index contributed by atoms with van der Waals surface area (Å²) in [6.07, 6.45) is 4.95. The molecule has 25 heavy (non-hydrogen) atoms. The Bertz CT molecular complexity index is 677. The van der Waals surface area contributed by atoms with Crippen molar-refractivity contribution in [3.05, 3.63) is 36.7 Å². The maximum atomic E-state index is 5.84. The Morgan fingerprint density at radius 2 is 2.20 bits per heavy atom. The number of hydrogen-bond donors (Lipinski definition) is 0. The molecule has 2 aliphatic heterocycles. The van der Waals surface area contributed by atoms with Gasteiger partial charge in [0.1, 0.15) is 5.75 Å². The molecule has 7 nitrogen and oxygen atoms in total. The SMILES string of the molecule is c1cnn(CC2CN(CCCOc3ccc4c(c3)OCO4)CCO2)c1. The van der Waals surface area contributed by atoms with Gasteiger partial charge in [0.25, 0.3) is 0 Å². The van der Waals surface area contributed by atoms with Gasteiger partial charge in [-0.05, 0) is 24.6 Å².